The van der Waals surface area contributed by atoms with Crippen LogP contribution in [0.15, 0.2) is 58.6 Å². The molecule has 1 aromatic carbocycles. The normalized spacial score (nSPS) is 16.6. The zero-order valence-corrected chi connectivity index (χ0v) is 16.5. The first kappa shape index (κ1) is 19.8. The van der Waals surface area contributed by atoms with Gasteiger partial charge in [0.1, 0.15) is 0 Å². The van der Waals surface area contributed by atoms with Crippen LogP contribution in [0.1, 0.15) is 6.92 Å². The fourth-order valence-corrected chi connectivity index (χ4v) is 4.83. The first-order valence-electron chi connectivity index (χ1n) is 8.53. The van der Waals surface area contributed by atoms with E-state index in [2.05, 4.69) is 10.3 Å². The average Bonchev–Trinajstić information content (AvgIpc) is 2.69. The number of anilines is 1. The number of carbonyl (C=O) groups is 1. The van der Waals surface area contributed by atoms with Crippen molar-refractivity contribution in [2.45, 2.75) is 22.1 Å². The predicted octanol–water partition coefficient (Wildman–Crippen LogP) is 2.22. The molecule has 1 aromatic heterocycles. The van der Waals surface area contributed by atoms with E-state index in [1.54, 1.807) is 25.3 Å². The molecule has 27 heavy (non-hydrogen) atoms. The molecule has 9 heteroatoms. The van der Waals surface area contributed by atoms with Crippen molar-refractivity contribution in [3.8, 4) is 0 Å². The highest BCUT2D eigenvalue weighted by Gasteiger charge is 2.26. The molecule has 2 aromatic rings. The number of ether oxygens (including phenoxy) is 1. The molecule has 1 amide bonds. The molecule has 0 radical (unpaired) electrons. The maximum atomic E-state index is 12.7. The molecule has 1 N–H and O–H groups in total. The minimum atomic E-state index is -3.60. The predicted molar refractivity (Wildman–Crippen MR) is 104 cm³/mol. The van der Waals surface area contributed by atoms with Gasteiger partial charge in [-0.3, -0.25) is 4.79 Å². The maximum absolute atomic E-state index is 12.7. The Morgan fingerprint density at radius 1 is 1.22 bits per heavy atom. The average molecular weight is 408 g/mol. The number of thioether (sulfide) groups is 1. The molecular weight excluding hydrogens is 386 g/mol. The van der Waals surface area contributed by atoms with Crippen LogP contribution in [-0.4, -0.2) is 55.2 Å². The molecule has 1 fully saturated rings. The largest absolute Gasteiger partial charge is 0.379 e. The van der Waals surface area contributed by atoms with E-state index in [9.17, 15) is 13.2 Å². The van der Waals surface area contributed by atoms with Gasteiger partial charge in [-0.1, -0.05) is 23.9 Å². The lowest BCUT2D eigenvalue weighted by Gasteiger charge is -2.26. The van der Waals surface area contributed by atoms with Gasteiger partial charge < -0.3 is 10.1 Å². The van der Waals surface area contributed by atoms with Crippen LogP contribution in [0.25, 0.3) is 0 Å². The zero-order valence-electron chi connectivity index (χ0n) is 14.9. The van der Waals surface area contributed by atoms with Gasteiger partial charge in [-0.2, -0.15) is 4.31 Å². The zero-order chi connectivity index (χ0) is 19.3. The van der Waals surface area contributed by atoms with Gasteiger partial charge in [0.15, 0.2) is 0 Å². The van der Waals surface area contributed by atoms with Gasteiger partial charge in [0.25, 0.3) is 0 Å². The number of nitrogens with zero attached hydrogens (tertiary/aromatic N) is 2. The topological polar surface area (TPSA) is 88.6 Å². The van der Waals surface area contributed by atoms with Gasteiger partial charge >= 0.3 is 0 Å². The summed E-state index contributed by atoms with van der Waals surface area (Å²) in [7, 11) is -3.60. The van der Waals surface area contributed by atoms with E-state index in [1.165, 1.54) is 28.2 Å². The number of pyridine rings is 1. The summed E-state index contributed by atoms with van der Waals surface area (Å²) in [6.45, 7) is 3.21. The van der Waals surface area contributed by atoms with Crippen LogP contribution in [0.5, 0.6) is 0 Å². The SMILES string of the molecule is C[C@H](Sc1ccccn1)C(=O)Nc1cccc(S(=O)(=O)N2CCOCC2)c1. The monoisotopic (exact) mass is 407 g/mol. The fourth-order valence-electron chi connectivity index (χ4n) is 2.57. The lowest BCUT2D eigenvalue weighted by molar-refractivity contribution is -0.115. The van der Waals surface area contributed by atoms with Crippen molar-refractivity contribution in [1.29, 1.82) is 0 Å². The lowest BCUT2D eigenvalue weighted by atomic mass is 10.3. The number of amides is 1. The molecule has 0 bridgehead atoms. The number of rotatable bonds is 6. The molecule has 144 valence electrons. The van der Waals surface area contributed by atoms with Crippen molar-refractivity contribution in [3.63, 3.8) is 0 Å². The summed E-state index contributed by atoms with van der Waals surface area (Å²) < 4.78 is 32.1. The standard InChI is InChI=1S/C18H21N3O4S2/c1-14(26-17-7-2-3-8-19-17)18(22)20-15-5-4-6-16(13-15)27(23,24)21-9-11-25-12-10-21/h2-8,13-14H,9-12H2,1H3,(H,20,22)/t14-/m0/s1. The van der Waals surface area contributed by atoms with E-state index in [-0.39, 0.29) is 16.1 Å². The first-order chi connectivity index (χ1) is 13.0. The lowest BCUT2D eigenvalue weighted by Crippen LogP contribution is -2.40. The van der Waals surface area contributed by atoms with Crippen molar-refractivity contribution >= 4 is 33.4 Å². The molecule has 2 heterocycles. The number of carbonyl (C=O) groups excluding carboxylic acids is 1. The van der Waals surface area contributed by atoms with Gasteiger partial charge in [0, 0.05) is 25.0 Å². The van der Waals surface area contributed by atoms with Crippen LogP contribution < -0.4 is 5.32 Å². The Morgan fingerprint density at radius 2 is 2.00 bits per heavy atom. The van der Waals surface area contributed by atoms with Crippen LogP contribution in [0.2, 0.25) is 0 Å². The van der Waals surface area contributed by atoms with Gasteiger partial charge in [0.05, 0.1) is 28.4 Å². The Hall–Kier alpha value is -1.94. The minimum Gasteiger partial charge on any atom is -0.379 e. The van der Waals surface area contributed by atoms with E-state index in [1.807, 2.05) is 18.2 Å². The third-order valence-electron chi connectivity index (χ3n) is 4.01. The second-order valence-electron chi connectivity index (χ2n) is 5.96. The van der Waals surface area contributed by atoms with E-state index >= 15 is 0 Å². The Balaban J connectivity index is 1.69. The van der Waals surface area contributed by atoms with E-state index in [0.717, 1.165) is 5.03 Å². The summed E-state index contributed by atoms with van der Waals surface area (Å²) in [5.41, 5.74) is 0.447. The Kier molecular flexibility index (Phi) is 6.48. The van der Waals surface area contributed by atoms with Crippen LogP contribution in [0.3, 0.4) is 0 Å². The number of nitrogens with one attached hydrogen (secondary N) is 1. The van der Waals surface area contributed by atoms with E-state index in [4.69, 9.17) is 4.74 Å². The third kappa shape index (κ3) is 5.07. The number of aromatic nitrogens is 1. The molecule has 3 rings (SSSR count). The molecular formula is C18H21N3O4S2. The maximum Gasteiger partial charge on any atom is 0.243 e. The fraction of sp³-hybridized carbons (Fsp3) is 0.333. The Morgan fingerprint density at radius 3 is 2.70 bits per heavy atom. The molecule has 0 aliphatic carbocycles. The van der Waals surface area contributed by atoms with Crippen LogP contribution in [0.4, 0.5) is 5.69 Å². The number of hydrogen-bond donors (Lipinski definition) is 1. The number of morpholine rings is 1. The molecule has 1 aliphatic rings. The highest BCUT2D eigenvalue weighted by Crippen LogP contribution is 2.24. The Bertz CT molecular complexity index is 884. The highest BCUT2D eigenvalue weighted by atomic mass is 32.2. The van der Waals surface area contributed by atoms with Crippen LogP contribution in [-0.2, 0) is 19.6 Å². The van der Waals surface area contributed by atoms with Crippen LogP contribution >= 0.6 is 11.8 Å². The smallest absolute Gasteiger partial charge is 0.243 e. The van der Waals surface area contributed by atoms with Crippen molar-refractivity contribution in [3.05, 3.63) is 48.7 Å². The van der Waals surface area contributed by atoms with Crippen molar-refractivity contribution in [2.24, 2.45) is 0 Å². The second kappa shape index (κ2) is 8.83. The van der Waals surface area contributed by atoms with Crippen molar-refractivity contribution in [1.82, 2.24) is 9.29 Å². The summed E-state index contributed by atoms with van der Waals surface area (Å²) in [6, 6.07) is 11.8. The summed E-state index contributed by atoms with van der Waals surface area (Å²) in [5.74, 6) is -0.216. The second-order valence-corrected chi connectivity index (χ2v) is 9.26. The first-order valence-corrected chi connectivity index (χ1v) is 10.9. The van der Waals surface area contributed by atoms with Gasteiger partial charge in [-0.25, -0.2) is 13.4 Å². The molecule has 0 spiro atoms. The molecule has 1 saturated heterocycles. The van der Waals surface area contributed by atoms with Crippen molar-refractivity contribution in [2.75, 3.05) is 31.6 Å². The van der Waals surface area contributed by atoms with E-state index in [0.29, 0.717) is 32.0 Å². The summed E-state index contributed by atoms with van der Waals surface area (Å²) in [6.07, 6.45) is 1.67. The van der Waals surface area contributed by atoms with Gasteiger partial charge in [-0.05, 0) is 37.3 Å². The molecule has 7 nitrogen and oxygen atoms in total. The third-order valence-corrected chi connectivity index (χ3v) is 6.96. The van der Waals surface area contributed by atoms with Gasteiger partial charge in [-0.15, -0.1) is 0 Å². The number of hydrogen-bond acceptors (Lipinski definition) is 6. The van der Waals surface area contributed by atoms with Crippen molar-refractivity contribution < 1.29 is 17.9 Å². The Labute approximate surface area is 163 Å². The molecule has 1 aliphatic heterocycles. The molecule has 0 saturated carbocycles. The number of sulfonamides is 1. The quantitative estimate of drug-likeness (QED) is 0.739. The van der Waals surface area contributed by atoms with Crippen LogP contribution in [0, 0.1) is 0 Å². The molecule has 0 unspecified atom stereocenters. The van der Waals surface area contributed by atoms with Gasteiger partial charge in [0.2, 0.25) is 15.9 Å². The molecule has 1 atom stereocenters. The number of benzene rings is 1. The summed E-state index contributed by atoms with van der Waals surface area (Å²) >= 11 is 1.34. The summed E-state index contributed by atoms with van der Waals surface area (Å²) in [5, 5.41) is 3.16. The summed E-state index contributed by atoms with van der Waals surface area (Å²) in [4.78, 5) is 16.8. The minimum absolute atomic E-state index is 0.159. The highest BCUT2D eigenvalue weighted by molar-refractivity contribution is 8.00. The van der Waals surface area contributed by atoms with E-state index < -0.39 is 10.0 Å².